The average Bonchev–Trinajstić information content (AvgIpc) is 3.54. The summed E-state index contributed by atoms with van der Waals surface area (Å²) in [5.41, 5.74) is 7.46. The van der Waals surface area contributed by atoms with Crippen LogP contribution in [-0.2, 0) is 24.2 Å². The number of sulfone groups is 1. The monoisotopic (exact) mass is 764 g/mol. The first-order valence-corrected chi connectivity index (χ1v) is 17.8. The third kappa shape index (κ3) is 8.67. The van der Waals surface area contributed by atoms with Crippen molar-refractivity contribution in [3.63, 3.8) is 0 Å². The molecule has 0 bridgehead atoms. The number of carboxylic acids is 2. The molecule has 3 aromatic carbocycles. The van der Waals surface area contributed by atoms with Gasteiger partial charge in [0.2, 0.25) is 5.91 Å². The molecule has 1 fully saturated rings. The van der Waals surface area contributed by atoms with Crippen LogP contribution in [0.5, 0.6) is 5.75 Å². The second-order valence-corrected chi connectivity index (χ2v) is 14.9. The number of hydrogen-bond acceptors (Lipinski definition) is 9. The zero-order chi connectivity index (χ0) is 38.5. The van der Waals surface area contributed by atoms with Crippen molar-refractivity contribution in [3.05, 3.63) is 89.1 Å². The molecule has 1 aliphatic heterocycles. The third-order valence-electron chi connectivity index (χ3n) is 8.35. The van der Waals surface area contributed by atoms with Crippen molar-refractivity contribution in [2.75, 3.05) is 24.2 Å². The smallest absolute Gasteiger partial charge is 0.490 e. The Bertz CT molecular complexity index is 2080. The summed E-state index contributed by atoms with van der Waals surface area (Å²) in [5, 5.41) is 21.9. The number of nitrogens with one attached hydrogen (secondary N) is 1. The molecule has 3 atom stereocenters. The Morgan fingerprint density at radius 2 is 1.75 bits per heavy atom. The fraction of sp³-hybridized carbons (Fsp3) is 0.314. The Morgan fingerprint density at radius 3 is 2.37 bits per heavy atom. The highest BCUT2D eigenvalue weighted by Crippen LogP contribution is 2.43. The van der Waals surface area contributed by atoms with E-state index in [2.05, 4.69) is 10.3 Å². The quantitative estimate of drug-likeness (QED) is 0.138. The van der Waals surface area contributed by atoms with E-state index in [4.69, 9.17) is 32.0 Å². The summed E-state index contributed by atoms with van der Waals surface area (Å²) >= 11 is 6.39. The first kappa shape index (κ1) is 39.7. The number of nitrogen functional groups attached to an aromatic ring is 1. The van der Waals surface area contributed by atoms with Crippen molar-refractivity contribution in [3.8, 4) is 5.75 Å². The number of nitrogens with two attached hydrogens (primary N) is 1. The van der Waals surface area contributed by atoms with Crippen molar-refractivity contribution in [2.45, 2.75) is 55.6 Å². The molecule has 4 aromatic rings. The Morgan fingerprint density at radius 1 is 1.08 bits per heavy atom. The lowest BCUT2D eigenvalue weighted by Crippen LogP contribution is -2.40. The van der Waals surface area contributed by atoms with Crippen molar-refractivity contribution in [1.82, 2.24) is 9.88 Å². The van der Waals surface area contributed by atoms with Crippen molar-refractivity contribution in [1.29, 1.82) is 0 Å². The van der Waals surface area contributed by atoms with Gasteiger partial charge in [0, 0.05) is 23.8 Å². The van der Waals surface area contributed by atoms with Crippen LogP contribution in [0.15, 0.2) is 77.8 Å². The summed E-state index contributed by atoms with van der Waals surface area (Å²) in [6.45, 7) is 5.43. The van der Waals surface area contributed by atoms with E-state index in [9.17, 15) is 36.3 Å². The number of hydrogen-bond donors (Lipinski definition) is 4. The van der Waals surface area contributed by atoms with Gasteiger partial charge in [-0.3, -0.25) is 9.59 Å². The molecule has 278 valence electrons. The minimum atomic E-state index is -5.08. The number of aliphatic carboxylic acids is 2. The number of ether oxygens (including phenoxy) is 1. The molecule has 5 rings (SSSR count). The molecule has 0 radical (unpaired) electrons. The summed E-state index contributed by atoms with van der Waals surface area (Å²) in [4.78, 5) is 41.7. The molecule has 3 unspecified atom stereocenters. The van der Waals surface area contributed by atoms with E-state index in [0.717, 1.165) is 10.8 Å². The number of amides is 1. The third-order valence-corrected chi connectivity index (χ3v) is 10.9. The first-order valence-electron chi connectivity index (χ1n) is 15.9. The standard InChI is InChI=1S/C33H35ClN4O6S.C2HF3O2/c1-4-44-27-18-21(9-12-26(27)34)29(37-22-10-11-23-20(17-22)13-15-36-31(23)35)32(39)38-16-14-25(33(40)41)30(38)24-7-5-6-8-28(24)45(42,43)19(2)3;3-2(4,5)1(6)7/h5-13,15,17-19,25,29-30,37H,4,14,16H2,1-3H3,(H2,35,36)(H,40,41);(H,6,7). The van der Waals surface area contributed by atoms with Crippen LogP contribution in [0.25, 0.3) is 10.8 Å². The number of benzene rings is 3. The predicted molar refractivity (Wildman–Crippen MR) is 188 cm³/mol. The van der Waals surface area contributed by atoms with Gasteiger partial charge in [-0.2, -0.15) is 13.2 Å². The Kier molecular flexibility index (Phi) is 12.3. The fourth-order valence-electron chi connectivity index (χ4n) is 5.80. The van der Waals surface area contributed by atoms with E-state index in [0.29, 0.717) is 34.4 Å². The lowest BCUT2D eigenvalue weighted by molar-refractivity contribution is -0.192. The van der Waals surface area contributed by atoms with Gasteiger partial charge in [0.1, 0.15) is 17.6 Å². The largest absolute Gasteiger partial charge is 0.492 e. The van der Waals surface area contributed by atoms with Gasteiger partial charge in [0.05, 0.1) is 33.7 Å². The number of nitrogens with zero attached hydrogens (tertiary/aromatic N) is 2. The number of halogens is 4. The molecular weight excluding hydrogens is 729 g/mol. The maximum Gasteiger partial charge on any atom is 0.490 e. The Labute approximate surface area is 302 Å². The SMILES string of the molecule is CCOc1cc(C(Nc2ccc3c(N)nccc3c2)C(=O)N2CCC(C(=O)O)C2c2ccccc2S(=O)(=O)C(C)C)ccc1Cl.O=C(O)C(F)(F)F. The lowest BCUT2D eigenvalue weighted by atomic mass is 9.93. The minimum Gasteiger partial charge on any atom is -0.492 e. The summed E-state index contributed by atoms with van der Waals surface area (Å²) in [5.74, 6) is -4.54. The summed E-state index contributed by atoms with van der Waals surface area (Å²) in [6, 6.07) is 16.6. The van der Waals surface area contributed by atoms with Crippen LogP contribution in [0, 0.1) is 5.92 Å². The molecule has 12 nitrogen and oxygen atoms in total. The van der Waals surface area contributed by atoms with Crippen LogP contribution in [0.4, 0.5) is 24.7 Å². The highest BCUT2D eigenvalue weighted by atomic mass is 35.5. The van der Waals surface area contributed by atoms with Gasteiger partial charge in [-0.15, -0.1) is 0 Å². The molecule has 0 aliphatic carbocycles. The Hall–Kier alpha value is -5.09. The Balaban J connectivity index is 0.000000785. The first-order chi connectivity index (χ1) is 24.4. The zero-order valence-corrected chi connectivity index (χ0v) is 29.7. The summed E-state index contributed by atoms with van der Waals surface area (Å²) in [6.07, 6.45) is -3.33. The van der Waals surface area contributed by atoms with Gasteiger partial charge in [0.15, 0.2) is 9.84 Å². The number of carbonyl (C=O) groups is 3. The zero-order valence-electron chi connectivity index (χ0n) is 28.1. The lowest BCUT2D eigenvalue weighted by Gasteiger charge is -2.33. The minimum absolute atomic E-state index is 0.0197. The molecule has 1 aliphatic rings. The molecule has 2 heterocycles. The number of anilines is 2. The number of alkyl halides is 3. The van der Waals surface area contributed by atoms with Gasteiger partial charge < -0.3 is 30.9 Å². The van der Waals surface area contributed by atoms with Crippen LogP contribution in [0.1, 0.15) is 50.4 Å². The van der Waals surface area contributed by atoms with Gasteiger partial charge in [0.25, 0.3) is 0 Å². The molecule has 1 saturated heterocycles. The van der Waals surface area contributed by atoms with E-state index >= 15 is 0 Å². The van der Waals surface area contributed by atoms with Crippen LogP contribution in [0.3, 0.4) is 0 Å². The van der Waals surface area contributed by atoms with E-state index in [1.807, 2.05) is 19.1 Å². The molecular formula is C35H36ClF3N4O8S. The van der Waals surface area contributed by atoms with Crippen molar-refractivity contribution < 1.29 is 50.9 Å². The van der Waals surface area contributed by atoms with E-state index in [-0.39, 0.29) is 23.4 Å². The number of fused-ring (bicyclic) bond motifs is 1. The van der Waals surface area contributed by atoms with E-state index in [1.165, 1.54) is 11.0 Å². The summed E-state index contributed by atoms with van der Waals surface area (Å²) in [7, 11) is -3.80. The molecule has 1 aromatic heterocycles. The number of carboxylic acid groups (broad SMARTS) is 2. The highest BCUT2D eigenvalue weighted by molar-refractivity contribution is 7.92. The van der Waals surface area contributed by atoms with Gasteiger partial charge in [-0.05, 0) is 86.2 Å². The number of aromatic nitrogens is 1. The van der Waals surface area contributed by atoms with Gasteiger partial charge >= 0.3 is 18.1 Å². The molecule has 17 heteroatoms. The van der Waals surface area contributed by atoms with Gasteiger partial charge in [-0.1, -0.05) is 35.9 Å². The van der Waals surface area contributed by atoms with E-state index < -0.39 is 57.1 Å². The predicted octanol–water partition coefficient (Wildman–Crippen LogP) is 6.51. The fourth-order valence-corrected chi connectivity index (χ4v) is 7.26. The van der Waals surface area contributed by atoms with Crippen molar-refractivity contribution >= 4 is 61.6 Å². The molecule has 52 heavy (non-hydrogen) atoms. The highest BCUT2D eigenvalue weighted by Gasteiger charge is 2.46. The van der Waals surface area contributed by atoms with Gasteiger partial charge in [-0.25, -0.2) is 18.2 Å². The maximum atomic E-state index is 14.7. The molecule has 0 spiro atoms. The molecule has 5 N–H and O–H groups in total. The summed E-state index contributed by atoms with van der Waals surface area (Å²) < 4.78 is 64.3. The average molecular weight is 765 g/mol. The van der Waals surface area contributed by atoms with E-state index in [1.54, 1.807) is 68.6 Å². The molecule has 1 amide bonds. The number of carbonyl (C=O) groups excluding carboxylic acids is 1. The number of pyridine rings is 1. The topological polar surface area (TPSA) is 189 Å². The molecule has 0 saturated carbocycles. The van der Waals surface area contributed by atoms with Crippen LogP contribution < -0.4 is 15.8 Å². The maximum absolute atomic E-state index is 14.7. The van der Waals surface area contributed by atoms with Crippen molar-refractivity contribution in [2.24, 2.45) is 5.92 Å². The second-order valence-electron chi connectivity index (χ2n) is 12.0. The normalized spacial score (nSPS) is 16.6. The van der Waals surface area contributed by atoms with Crippen LogP contribution in [-0.4, -0.2) is 70.9 Å². The van der Waals surface area contributed by atoms with Crippen LogP contribution in [0.2, 0.25) is 5.02 Å². The second kappa shape index (κ2) is 16.1. The number of likely N-dealkylation sites (tertiary alicyclic amines) is 1. The number of rotatable bonds is 10. The van der Waals surface area contributed by atoms with Crippen LogP contribution >= 0.6 is 11.6 Å².